The minimum atomic E-state index is -4.38. The molecule has 0 aliphatic heterocycles. The molecule has 0 aliphatic rings. The van der Waals surface area contributed by atoms with Gasteiger partial charge in [0.2, 0.25) is 0 Å². The number of aliphatic hydroxyl groups is 1. The van der Waals surface area contributed by atoms with E-state index in [1.165, 1.54) is 12.1 Å². The van der Waals surface area contributed by atoms with Crippen LogP contribution in [0.15, 0.2) is 24.3 Å². The maximum Gasteiger partial charge on any atom is 0.416 e. The highest BCUT2D eigenvalue weighted by Crippen LogP contribution is 2.31. The molecule has 3 N–H and O–H groups in total. The summed E-state index contributed by atoms with van der Waals surface area (Å²) in [6.07, 6.45) is -4.00. The van der Waals surface area contributed by atoms with Crippen LogP contribution in [0.5, 0.6) is 0 Å². The Bertz CT molecular complexity index is 371. The molecule has 0 unspecified atom stereocenters. The van der Waals surface area contributed by atoms with E-state index in [9.17, 15) is 18.3 Å². The van der Waals surface area contributed by atoms with E-state index in [1.54, 1.807) is 0 Å². The molecule has 0 radical (unpaired) electrons. The third-order valence-corrected chi connectivity index (χ3v) is 2.60. The normalized spacial score (nSPS) is 14.8. The molecule has 0 saturated carbocycles. The first kappa shape index (κ1) is 17.2. The van der Waals surface area contributed by atoms with Crippen molar-refractivity contribution in [1.82, 2.24) is 0 Å². The van der Waals surface area contributed by atoms with Crippen molar-refractivity contribution in [3.8, 4) is 0 Å². The first-order valence-corrected chi connectivity index (χ1v) is 5.47. The molecule has 1 aromatic carbocycles. The summed E-state index contributed by atoms with van der Waals surface area (Å²) in [6.45, 7) is 1.88. The van der Waals surface area contributed by atoms with Gasteiger partial charge in [0.25, 0.3) is 0 Å². The Balaban J connectivity index is 0.00000289. The highest BCUT2D eigenvalue weighted by Gasteiger charge is 2.31. The molecule has 0 spiro atoms. The molecule has 2 atom stereocenters. The van der Waals surface area contributed by atoms with Crippen LogP contribution in [-0.4, -0.2) is 11.2 Å². The van der Waals surface area contributed by atoms with Crippen LogP contribution in [0.4, 0.5) is 13.2 Å². The van der Waals surface area contributed by atoms with Gasteiger partial charge in [0.15, 0.2) is 0 Å². The van der Waals surface area contributed by atoms with E-state index < -0.39 is 23.9 Å². The van der Waals surface area contributed by atoms with Crippen LogP contribution in [0.2, 0.25) is 0 Å². The quantitative estimate of drug-likeness (QED) is 0.891. The molecule has 0 aromatic heterocycles. The maximum absolute atomic E-state index is 12.5. The zero-order valence-electron chi connectivity index (χ0n) is 9.95. The molecule has 2 nitrogen and oxygen atoms in total. The van der Waals surface area contributed by atoms with Crippen LogP contribution < -0.4 is 5.73 Å². The van der Waals surface area contributed by atoms with E-state index >= 15 is 0 Å². The molecular formula is C12H17ClF3NO. The fourth-order valence-corrected chi connectivity index (χ4v) is 1.62. The lowest BCUT2D eigenvalue weighted by Crippen LogP contribution is -2.26. The lowest BCUT2D eigenvalue weighted by Gasteiger charge is -2.19. The number of hydrogen-bond donors (Lipinski definition) is 2. The monoisotopic (exact) mass is 283 g/mol. The summed E-state index contributed by atoms with van der Waals surface area (Å²) in [4.78, 5) is 0. The van der Waals surface area contributed by atoms with Gasteiger partial charge in [-0.25, -0.2) is 0 Å². The largest absolute Gasteiger partial charge is 0.416 e. The van der Waals surface area contributed by atoms with E-state index in [-0.39, 0.29) is 12.4 Å². The van der Waals surface area contributed by atoms with Gasteiger partial charge in [0.05, 0.1) is 17.7 Å². The Morgan fingerprint density at radius 2 is 1.94 bits per heavy atom. The summed E-state index contributed by atoms with van der Waals surface area (Å²) >= 11 is 0. The molecule has 1 rings (SSSR count). The van der Waals surface area contributed by atoms with Crippen molar-refractivity contribution in [3.05, 3.63) is 35.4 Å². The number of alkyl halides is 3. The predicted molar refractivity (Wildman–Crippen MR) is 66.5 cm³/mol. The van der Waals surface area contributed by atoms with Crippen LogP contribution in [0, 0.1) is 0 Å². The lowest BCUT2D eigenvalue weighted by molar-refractivity contribution is -0.137. The van der Waals surface area contributed by atoms with Crippen molar-refractivity contribution in [3.63, 3.8) is 0 Å². The highest BCUT2D eigenvalue weighted by molar-refractivity contribution is 5.85. The topological polar surface area (TPSA) is 46.2 Å². The fourth-order valence-electron chi connectivity index (χ4n) is 1.62. The van der Waals surface area contributed by atoms with Gasteiger partial charge in [-0.2, -0.15) is 13.2 Å². The van der Waals surface area contributed by atoms with E-state index in [1.807, 2.05) is 6.92 Å². The van der Waals surface area contributed by atoms with Crippen molar-refractivity contribution in [2.45, 2.75) is 38.1 Å². The average molecular weight is 284 g/mol. The van der Waals surface area contributed by atoms with Gasteiger partial charge < -0.3 is 10.8 Å². The van der Waals surface area contributed by atoms with E-state index in [0.717, 1.165) is 18.6 Å². The lowest BCUT2D eigenvalue weighted by atomic mass is 9.97. The Morgan fingerprint density at radius 3 is 2.44 bits per heavy atom. The molecule has 1 aromatic rings. The van der Waals surface area contributed by atoms with Gasteiger partial charge in [0, 0.05) is 0 Å². The van der Waals surface area contributed by atoms with Gasteiger partial charge in [-0.3, -0.25) is 0 Å². The van der Waals surface area contributed by atoms with E-state index in [0.29, 0.717) is 12.0 Å². The first-order valence-electron chi connectivity index (χ1n) is 5.47. The number of hydrogen-bond acceptors (Lipinski definition) is 2. The third kappa shape index (κ3) is 4.48. The van der Waals surface area contributed by atoms with Crippen LogP contribution >= 0.6 is 12.4 Å². The van der Waals surface area contributed by atoms with Crippen LogP contribution in [0.25, 0.3) is 0 Å². The first-order chi connectivity index (χ1) is 7.86. The number of rotatable bonds is 4. The number of nitrogens with two attached hydrogens (primary N) is 1. The van der Waals surface area contributed by atoms with Crippen LogP contribution in [-0.2, 0) is 6.18 Å². The SMILES string of the molecule is CCC[C@H](O)[C@H](N)c1cccc(C(F)(F)F)c1.Cl. The van der Waals surface area contributed by atoms with Crippen molar-refractivity contribution in [2.24, 2.45) is 5.73 Å². The molecule has 0 saturated heterocycles. The highest BCUT2D eigenvalue weighted by atomic mass is 35.5. The third-order valence-electron chi connectivity index (χ3n) is 2.60. The second kappa shape index (κ2) is 6.97. The average Bonchev–Trinajstić information content (AvgIpc) is 2.27. The predicted octanol–water partition coefficient (Wildman–Crippen LogP) is 3.29. The van der Waals surface area contributed by atoms with Gasteiger partial charge in [-0.1, -0.05) is 25.5 Å². The van der Waals surface area contributed by atoms with E-state index in [4.69, 9.17) is 5.73 Å². The van der Waals surface area contributed by atoms with Crippen LogP contribution in [0.3, 0.4) is 0 Å². The summed E-state index contributed by atoms with van der Waals surface area (Å²) in [6, 6.07) is 4.00. The second-order valence-corrected chi connectivity index (χ2v) is 4.01. The smallest absolute Gasteiger partial charge is 0.391 e. The molecular weight excluding hydrogens is 267 g/mol. The fraction of sp³-hybridized carbons (Fsp3) is 0.500. The number of halogens is 4. The van der Waals surface area contributed by atoms with Crippen molar-refractivity contribution in [2.75, 3.05) is 0 Å². The number of benzene rings is 1. The molecule has 18 heavy (non-hydrogen) atoms. The molecule has 0 aliphatic carbocycles. The summed E-state index contributed by atoms with van der Waals surface area (Å²) in [5.74, 6) is 0. The Kier molecular flexibility index (Phi) is 6.67. The Morgan fingerprint density at radius 1 is 1.33 bits per heavy atom. The second-order valence-electron chi connectivity index (χ2n) is 4.01. The van der Waals surface area contributed by atoms with Crippen LogP contribution in [0.1, 0.15) is 36.9 Å². The molecule has 0 heterocycles. The Labute approximate surface area is 110 Å². The summed E-state index contributed by atoms with van der Waals surface area (Å²) in [5, 5.41) is 9.66. The van der Waals surface area contributed by atoms with Crippen molar-refractivity contribution >= 4 is 12.4 Å². The van der Waals surface area contributed by atoms with E-state index in [2.05, 4.69) is 0 Å². The van der Waals surface area contributed by atoms with Gasteiger partial charge in [0.1, 0.15) is 0 Å². The molecule has 0 fully saturated rings. The standard InChI is InChI=1S/C12H16F3NO.ClH/c1-2-4-10(17)11(16)8-5-3-6-9(7-8)12(13,14)15;/h3,5-7,10-11,17H,2,4,16H2,1H3;1H/t10-,11+;/m0./s1. The van der Waals surface area contributed by atoms with Gasteiger partial charge in [-0.15, -0.1) is 12.4 Å². The zero-order chi connectivity index (χ0) is 13.1. The molecule has 0 amide bonds. The van der Waals surface area contributed by atoms with Crippen molar-refractivity contribution < 1.29 is 18.3 Å². The summed E-state index contributed by atoms with van der Waals surface area (Å²) in [7, 11) is 0. The minimum Gasteiger partial charge on any atom is -0.391 e. The van der Waals surface area contributed by atoms with Gasteiger partial charge in [-0.05, 0) is 24.1 Å². The number of aliphatic hydroxyl groups excluding tert-OH is 1. The summed E-state index contributed by atoms with van der Waals surface area (Å²) in [5.41, 5.74) is 5.28. The molecule has 0 bridgehead atoms. The molecule has 104 valence electrons. The summed E-state index contributed by atoms with van der Waals surface area (Å²) < 4.78 is 37.4. The zero-order valence-corrected chi connectivity index (χ0v) is 10.8. The van der Waals surface area contributed by atoms with Crippen molar-refractivity contribution in [1.29, 1.82) is 0 Å². The van der Waals surface area contributed by atoms with Gasteiger partial charge >= 0.3 is 6.18 Å². The molecule has 6 heteroatoms. The maximum atomic E-state index is 12.5. The minimum absolute atomic E-state index is 0. The Hall–Kier alpha value is -0.780.